The molecule has 0 radical (unpaired) electrons. The van der Waals surface area contributed by atoms with Crippen LogP contribution in [0.4, 0.5) is 4.39 Å². The number of carbonyl (C=O) groups is 1. The number of carbonyl (C=O) groups excluding carboxylic acids is 1. The SMILES string of the molecule is N#CC(Cc1ccc2c(c1)OCc1cc(F)ccc1-2)NC(=O)[C@@H]1CNCCO1. The largest absolute Gasteiger partial charge is 0.488 e. The Morgan fingerprint density at radius 1 is 1.32 bits per heavy atom. The number of rotatable bonds is 4. The molecule has 0 aliphatic carbocycles. The van der Waals surface area contributed by atoms with E-state index in [1.165, 1.54) is 12.1 Å². The fraction of sp³-hybridized carbons (Fsp3) is 0.333. The van der Waals surface area contributed by atoms with E-state index in [0.29, 0.717) is 31.9 Å². The first kappa shape index (κ1) is 18.4. The number of hydrogen-bond acceptors (Lipinski definition) is 5. The third-order valence-corrected chi connectivity index (χ3v) is 4.92. The molecular weight excluding hydrogens is 361 g/mol. The second-order valence-corrected chi connectivity index (χ2v) is 6.88. The number of nitrogens with one attached hydrogen (secondary N) is 2. The highest BCUT2D eigenvalue weighted by Crippen LogP contribution is 2.38. The van der Waals surface area contributed by atoms with Crippen molar-refractivity contribution < 1.29 is 18.7 Å². The van der Waals surface area contributed by atoms with Crippen LogP contribution in [0.15, 0.2) is 36.4 Å². The number of fused-ring (bicyclic) bond motifs is 3. The number of amides is 1. The summed E-state index contributed by atoms with van der Waals surface area (Å²) < 4.78 is 24.6. The van der Waals surface area contributed by atoms with Crippen LogP contribution in [0, 0.1) is 17.1 Å². The zero-order valence-electron chi connectivity index (χ0n) is 15.2. The van der Waals surface area contributed by atoms with E-state index in [0.717, 1.165) is 28.8 Å². The number of hydrogen-bond donors (Lipinski definition) is 2. The summed E-state index contributed by atoms with van der Waals surface area (Å²) in [6, 6.07) is 11.8. The lowest BCUT2D eigenvalue weighted by Gasteiger charge is -2.24. The Balaban J connectivity index is 1.47. The van der Waals surface area contributed by atoms with Gasteiger partial charge in [0.1, 0.15) is 30.3 Å². The van der Waals surface area contributed by atoms with Crippen LogP contribution in [0.3, 0.4) is 0 Å². The highest BCUT2D eigenvalue weighted by molar-refractivity contribution is 5.82. The fourth-order valence-corrected chi connectivity index (χ4v) is 3.50. The van der Waals surface area contributed by atoms with Crippen molar-refractivity contribution in [3.63, 3.8) is 0 Å². The van der Waals surface area contributed by atoms with E-state index in [1.807, 2.05) is 18.2 Å². The van der Waals surface area contributed by atoms with Gasteiger partial charge in [0, 0.05) is 30.6 Å². The normalized spacial score (nSPS) is 18.8. The maximum absolute atomic E-state index is 13.4. The Bertz CT molecular complexity index is 935. The molecule has 6 nitrogen and oxygen atoms in total. The molecule has 2 aromatic rings. The van der Waals surface area contributed by atoms with Crippen molar-refractivity contribution in [1.82, 2.24) is 10.6 Å². The highest BCUT2D eigenvalue weighted by atomic mass is 19.1. The number of morpholine rings is 1. The first-order valence-electron chi connectivity index (χ1n) is 9.21. The zero-order valence-corrected chi connectivity index (χ0v) is 15.2. The summed E-state index contributed by atoms with van der Waals surface area (Å²) in [6.07, 6.45) is -0.219. The standard InChI is InChI=1S/C21H20FN3O3/c22-15-2-4-17-14(9-15)12-28-19-8-13(1-3-18(17)19)7-16(10-23)25-21(26)20-11-24-5-6-27-20/h1-4,8-9,16,20,24H,5-7,11-12H2,(H,25,26)/t16?,20-/m0/s1. The molecule has 1 amide bonds. The molecule has 7 heteroatoms. The van der Waals surface area contributed by atoms with Gasteiger partial charge in [0.05, 0.1) is 12.7 Å². The molecule has 2 aliphatic rings. The smallest absolute Gasteiger partial charge is 0.251 e. The lowest BCUT2D eigenvalue weighted by molar-refractivity contribution is -0.134. The maximum Gasteiger partial charge on any atom is 0.251 e. The summed E-state index contributed by atoms with van der Waals surface area (Å²) in [6.45, 7) is 1.93. The van der Waals surface area contributed by atoms with Gasteiger partial charge in [-0.15, -0.1) is 0 Å². The van der Waals surface area contributed by atoms with Gasteiger partial charge in [0.15, 0.2) is 0 Å². The van der Waals surface area contributed by atoms with E-state index in [-0.39, 0.29) is 11.7 Å². The molecule has 144 valence electrons. The molecule has 28 heavy (non-hydrogen) atoms. The average Bonchev–Trinajstić information content (AvgIpc) is 2.73. The van der Waals surface area contributed by atoms with Crippen LogP contribution in [0.25, 0.3) is 11.1 Å². The molecule has 0 saturated carbocycles. The van der Waals surface area contributed by atoms with E-state index < -0.39 is 12.1 Å². The Kier molecular flexibility index (Phi) is 5.24. The number of halogens is 1. The lowest BCUT2D eigenvalue weighted by atomic mass is 9.94. The number of benzene rings is 2. The topological polar surface area (TPSA) is 83.4 Å². The van der Waals surface area contributed by atoms with Crippen LogP contribution in [0.1, 0.15) is 11.1 Å². The quantitative estimate of drug-likeness (QED) is 0.846. The Labute approximate surface area is 162 Å². The van der Waals surface area contributed by atoms with Crippen molar-refractivity contribution in [3.8, 4) is 22.9 Å². The maximum atomic E-state index is 13.4. The summed E-state index contributed by atoms with van der Waals surface area (Å²) >= 11 is 0. The minimum atomic E-state index is -0.666. The lowest BCUT2D eigenvalue weighted by Crippen LogP contribution is -2.50. The van der Waals surface area contributed by atoms with Gasteiger partial charge in [-0.2, -0.15) is 5.26 Å². The number of nitriles is 1. The van der Waals surface area contributed by atoms with Gasteiger partial charge in [-0.25, -0.2) is 4.39 Å². The van der Waals surface area contributed by atoms with E-state index in [1.54, 1.807) is 6.07 Å². The van der Waals surface area contributed by atoms with Crippen molar-refractivity contribution in [2.45, 2.75) is 25.2 Å². The molecule has 2 aromatic carbocycles. The molecule has 2 aliphatic heterocycles. The summed E-state index contributed by atoms with van der Waals surface area (Å²) in [5, 5.41) is 15.3. The third-order valence-electron chi connectivity index (χ3n) is 4.92. The zero-order chi connectivity index (χ0) is 19.5. The van der Waals surface area contributed by atoms with E-state index in [4.69, 9.17) is 9.47 Å². The van der Waals surface area contributed by atoms with Crippen molar-refractivity contribution in [3.05, 3.63) is 53.3 Å². The highest BCUT2D eigenvalue weighted by Gasteiger charge is 2.25. The molecule has 0 aromatic heterocycles. The predicted molar refractivity (Wildman–Crippen MR) is 100 cm³/mol. The first-order valence-corrected chi connectivity index (χ1v) is 9.21. The molecule has 1 fully saturated rings. The fourth-order valence-electron chi connectivity index (χ4n) is 3.50. The summed E-state index contributed by atoms with van der Waals surface area (Å²) in [7, 11) is 0. The molecule has 0 bridgehead atoms. The van der Waals surface area contributed by atoms with Crippen molar-refractivity contribution in [2.24, 2.45) is 0 Å². The molecule has 1 unspecified atom stereocenters. The van der Waals surface area contributed by atoms with Gasteiger partial charge in [-0.1, -0.05) is 18.2 Å². The van der Waals surface area contributed by atoms with Gasteiger partial charge in [-0.3, -0.25) is 4.79 Å². The van der Waals surface area contributed by atoms with Crippen molar-refractivity contribution in [2.75, 3.05) is 19.7 Å². The molecule has 4 rings (SSSR count). The van der Waals surface area contributed by atoms with Gasteiger partial charge >= 0.3 is 0 Å². The minimum absolute atomic E-state index is 0.285. The number of ether oxygens (including phenoxy) is 2. The summed E-state index contributed by atoms with van der Waals surface area (Å²) in [4.78, 5) is 12.3. The van der Waals surface area contributed by atoms with Crippen molar-refractivity contribution >= 4 is 5.91 Å². The van der Waals surface area contributed by atoms with Crippen LogP contribution in [-0.4, -0.2) is 37.7 Å². The third kappa shape index (κ3) is 3.84. The molecule has 1 saturated heterocycles. The van der Waals surface area contributed by atoms with Crippen LogP contribution >= 0.6 is 0 Å². The van der Waals surface area contributed by atoms with Crippen LogP contribution in [-0.2, 0) is 22.6 Å². The van der Waals surface area contributed by atoms with Gasteiger partial charge in [-0.05, 0) is 29.3 Å². The van der Waals surface area contributed by atoms with E-state index in [9.17, 15) is 14.4 Å². The van der Waals surface area contributed by atoms with E-state index >= 15 is 0 Å². The number of nitrogens with zero attached hydrogens (tertiary/aromatic N) is 1. The van der Waals surface area contributed by atoms with Crippen LogP contribution in [0.5, 0.6) is 5.75 Å². The monoisotopic (exact) mass is 381 g/mol. The summed E-state index contributed by atoms with van der Waals surface area (Å²) in [5.41, 5.74) is 3.52. The van der Waals surface area contributed by atoms with Gasteiger partial charge < -0.3 is 20.1 Å². The molecule has 2 N–H and O–H groups in total. The first-order chi connectivity index (χ1) is 13.6. The Morgan fingerprint density at radius 2 is 2.18 bits per heavy atom. The van der Waals surface area contributed by atoms with Gasteiger partial charge in [0.25, 0.3) is 5.91 Å². The van der Waals surface area contributed by atoms with Crippen LogP contribution in [0.2, 0.25) is 0 Å². The average molecular weight is 381 g/mol. The Hall–Kier alpha value is -2.95. The minimum Gasteiger partial charge on any atom is -0.488 e. The van der Waals surface area contributed by atoms with E-state index in [2.05, 4.69) is 16.7 Å². The predicted octanol–water partition coefficient (Wildman–Crippen LogP) is 1.92. The Morgan fingerprint density at radius 3 is 2.96 bits per heavy atom. The van der Waals surface area contributed by atoms with Crippen LogP contribution < -0.4 is 15.4 Å². The second kappa shape index (κ2) is 7.97. The second-order valence-electron chi connectivity index (χ2n) is 6.88. The molecule has 2 heterocycles. The van der Waals surface area contributed by atoms with Crippen molar-refractivity contribution in [1.29, 1.82) is 5.26 Å². The van der Waals surface area contributed by atoms with Gasteiger partial charge in [0.2, 0.25) is 0 Å². The molecule has 0 spiro atoms. The summed E-state index contributed by atoms with van der Waals surface area (Å²) in [5.74, 6) is 0.121. The molecule has 2 atom stereocenters. The molecular formula is C21H20FN3O3.